The van der Waals surface area contributed by atoms with Crippen LogP contribution in [0.5, 0.6) is 0 Å². The number of aryl methyl sites for hydroxylation is 1. The molecule has 1 N–H and O–H groups in total. The predicted molar refractivity (Wildman–Crippen MR) is 63.6 cm³/mol. The van der Waals surface area contributed by atoms with Gasteiger partial charge < -0.3 is 9.84 Å². The second kappa shape index (κ2) is 4.76. The summed E-state index contributed by atoms with van der Waals surface area (Å²) in [4.78, 5) is 0.257. The predicted octanol–water partition coefficient (Wildman–Crippen LogP) is 0.919. The smallest absolute Gasteiger partial charge is 0.186 e. The van der Waals surface area contributed by atoms with E-state index in [9.17, 15) is 13.5 Å². The van der Waals surface area contributed by atoms with E-state index in [4.69, 9.17) is 4.74 Å². The minimum atomic E-state index is -3.51. The maximum Gasteiger partial charge on any atom is 0.186 e. The van der Waals surface area contributed by atoms with Gasteiger partial charge in [-0.15, -0.1) is 0 Å². The molecule has 1 heterocycles. The van der Waals surface area contributed by atoms with Gasteiger partial charge in [-0.1, -0.05) is 12.1 Å². The Balaban J connectivity index is 2.35. The Morgan fingerprint density at radius 2 is 2.18 bits per heavy atom. The van der Waals surface area contributed by atoms with Gasteiger partial charge in [0.15, 0.2) is 9.84 Å². The molecule has 17 heavy (non-hydrogen) atoms. The third kappa shape index (κ3) is 2.51. The SMILES string of the molecule is Cc1cccc(S(=O)(=O)C2COCCC2O)c1. The number of ether oxygens (including phenoxy) is 1. The molecule has 0 spiro atoms. The summed E-state index contributed by atoms with van der Waals surface area (Å²) < 4.78 is 29.8. The molecule has 1 aromatic carbocycles. The number of rotatable bonds is 2. The quantitative estimate of drug-likeness (QED) is 0.854. The second-order valence-corrected chi connectivity index (χ2v) is 6.50. The number of sulfone groups is 1. The van der Waals surface area contributed by atoms with E-state index in [1.54, 1.807) is 18.2 Å². The number of hydrogen-bond donors (Lipinski definition) is 1. The molecule has 1 aromatic rings. The first-order chi connectivity index (χ1) is 8.01. The van der Waals surface area contributed by atoms with Gasteiger partial charge >= 0.3 is 0 Å². The van der Waals surface area contributed by atoms with Crippen molar-refractivity contribution in [3.05, 3.63) is 29.8 Å². The highest BCUT2D eigenvalue weighted by Gasteiger charge is 2.36. The Bertz CT molecular complexity index is 495. The molecular weight excluding hydrogens is 240 g/mol. The molecule has 1 fully saturated rings. The lowest BCUT2D eigenvalue weighted by atomic mass is 10.1. The average molecular weight is 256 g/mol. The first-order valence-electron chi connectivity index (χ1n) is 5.58. The molecule has 1 saturated heterocycles. The van der Waals surface area contributed by atoms with Crippen LogP contribution in [-0.4, -0.2) is 38.1 Å². The molecule has 1 aliphatic heterocycles. The monoisotopic (exact) mass is 256 g/mol. The molecule has 0 aliphatic carbocycles. The van der Waals surface area contributed by atoms with Crippen LogP contribution in [0, 0.1) is 6.92 Å². The zero-order chi connectivity index (χ0) is 12.5. The first-order valence-corrected chi connectivity index (χ1v) is 7.13. The normalized spacial score (nSPS) is 25.8. The molecule has 4 nitrogen and oxygen atoms in total. The van der Waals surface area contributed by atoms with Crippen molar-refractivity contribution < 1.29 is 18.3 Å². The first kappa shape index (κ1) is 12.5. The van der Waals surface area contributed by atoms with Crippen molar-refractivity contribution in [1.82, 2.24) is 0 Å². The summed E-state index contributed by atoms with van der Waals surface area (Å²) in [6.07, 6.45) is -0.468. The zero-order valence-electron chi connectivity index (χ0n) is 9.67. The average Bonchev–Trinajstić information content (AvgIpc) is 2.29. The van der Waals surface area contributed by atoms with Crippen LogP contribution in [0.3, 0.4) is 0 Å². The van der Waals surface area contributed by atoms with Crippen molar-refractivity contribution in [2.45, 2.75) is 29.6 Å². The van der Waals surface area contributed by atoms with E-state index >= 15 is 0 Å². The number of aliphatic hydroxyl groups is 1. The van der Waals surface area contributed by atoms with Gasteiger partial charge in [-0.3, -0.25) is 0 Å². The largest absolute Gasteiger partial charge is 0.392 e. The molecular formula is C12H16O4S. The minimum absolute atomic E-state index is 0.0669. The summed E-state index contributed by atoms with van der Waals surface area (Å²) >= 11 is 0. The summed E-state index contributed by atoms with van der Waals surface area (Å²) in [6.45, 7) is 2.32. The highest BCUT2D eigenvalue weighted by atomic mass is 32.2. The summed E-state index contributed by atoms with van der Waals surface area (Å²) in [5.41, 5.74) is 0.886. The highest BCUT2D eigenvalue weighted by molar-refractivity contribution is 7.92. The third-order valence-corrected chi connectivity index (χ3v) is 5.14. The second-order valence-electron chi connectivity index (χ2n) is 4.33. The summed E-state index contributed by atoms with van der Waals surface area (Å²) in [5, 5.41) is 8.93. The van der Waals surface area contributed by atoms with Crippen molar-refractivity contribution in [2.75, 3.05) is 13.2 Å². The zero-order valence-corrected chi connectivity index (χ0v) is 10.5. The fourth-order valence-corrected chi connectivity index (χ4v) is 3.76. The van der Waals surface area contributed by atoms with Crippen molar-refractivity contribution in [2.24, 2.45) is 0 Å². The molecule has 0 amide bonds. The molecule has 0 aromatic heterocycles. The van der Waals surface area contributed by atoms with Crippen LogP contribution in [0.4, 0.5) is 0 Å². The molecule has 0 bridgehead atoms. The third-order valence-electron chi connectivity index (χ3n) is 2.99. The van der Waals surface area contributed by atoms with Gasteiger partial charge in [-0.2, -0.15) is 0 Å². The Morgan fingerprint density at radius 3 is 2.82 bits per heavy atom. The molecule has 2 unspecified atom stereocenters. The Labute approximate surface area is 101 Å². The Kier molecular flexibility index (Phi) is 3.51. The lowest BCUT2D eigenvalue weighted by Crippen LogP contribution is -2.42. The Hall–Kier alpha value is -0.910. The van der Waals surface area contributed by atoms with Crippen molar-refractivity contribution in [1.29, 1.82) is 0 Å². The summed E-state index contributed by atoms with van der Waals surface area (Å²) in [6, 6.07) is 6.73. The van der Waals surface area contributed by atoms with E-state index in [-0.39, 0.29) is 11.5 Å². The van der Waals surface area contributed by atoms with Crippen molar-refractivity contribution in [3.8, 4) is 0 Å². The molecule has 0 saturated carbocycles. The van der Waals surface area contributed by atoms with Crippen molar-refractivity contribution in [3.63, 3.8) is 0 Å². The van der Waals surface area contributed by atoms with Gasteiger partial charge in [0.1, 0.15) is 5.25 Å². The maximum absolute atomic E-state index is 12.3. The van der Waals surface area contributed by atoms with Gasteiger partial charge in [-0.05, 0) is 31.0 Å². The van der Waals surface area contributed by atoms with E-state index in [1.807, 2.05) is 13.0 Å². The van der Waals surface area contributed by atoms with Crippen LogP contribution in [0.15, 0.2) is 29.2 Å². The lowest BCUT2D eigenvalue weighted by molar-refractivity contribution is 0.0175. The molecule has 1 aliphatic rings. The van der Waals surface area contributed by atoms with Crippen LogP contribution in [0.2, 0.25) is 0 Å². The number of benzene rings is 1. The molecule has 5 heteroatoms. The Morgan fingerprint density at radius 1 is 1.41 bits per heavy atom. The van der Waals surface area contributed by atoms with E-state index in [0.29, 0.717) is 13.0 Å². The highest BCUT2D eigenvalue weighted by Crippen LogP contribution is 2.23. The fraction of sp³-hybridized carbons (Fsp3) is 0.500. The van der Waals surface area contributed by atoms with Crippen LogP contribution in [-0.2, 0) is 14.6 Å². The van der Waals surface area contributed by atoms with E-state index in [1.165, 1.54) is 0 Å². The molecule has 2 atom stereocenters. The van der Waals surface area contributed by atoms with Crippen LogP contribution in [0.1, 0.15) is 12.0 Å². The standard InChI is InChI=1S/C12H16O4S/c1-9-3-2-4-10(7-9)17(14,15)12-8-16-6-5-11(12)13/h2-4,7,11-13H,5-6,8H2,1H3. The molecule has 2 rings (SSSR count). The van der Waals surface area contributed by atoms with Gasteiger partial charge in [-0.25, -0.2) is 8.42 Å². The maximum atomic E-state index is 12.3. The van der Waals surface area contributed by atoms with Crippen LogP contribution >= 0.6 is 0 Å². The topological polar surface area (TPSA) is 63.6 Å². The number of aliphatic hydroxyl groups excluding tert-OH is 1. The summed E-state index contributed by atoms with van der Waals surface area (Å²) in [5.74, 6) is 0. The van der Waals surface area contributed by atoms with Gasteiger partial charge in [0, 0.05) is 6.61 Å². The van der Waals surface area contributed by atoms with E-state index in [0.717, 1.165) is 5.56 Å². The number of hydrogen-bond acceptors (Lipinski definition) is 4. The fourth-order valence-electron chi connectivity index (χ4n) is 1.96. The van der Waals surface area contributed by atoms with E-state index < -0.39 is 21.2 Å². The summed E-state index contributed by atoms with van der Waals surface area (Å²) in [7, 11) is -3.51. The van der Waals surface area contributed by atoms with Crippen LogP contribution in [0.25, 0.3) is 0 Å². The molecule has 94 valence electrons. The van der Waals surface area contributed by atoms with E-state index in [2.05, 4.69) is 0 Å². The van der Waals surface area contributed by atoms with Crippen LogP contribution < -0.4 is 0 Å². The van der Waals surface area contributed by atoms with Crippen molar-refractivity contribution >= 4 is 9.84 Å². The lowest BCUT2D eigenvalue weighted by Gasteiger charge is -2.27. The van der Waals surface area contributed by atoms with Gasteiger partial charge in [0.25, 0.3) is 0 Å². The van der Waals surface area contributed by atoms with Gasteiger partial charge in [0.05, 0.1) is 17.6 Å². The minimum Gasteiger partial charge on any atom is -0.392 e. The van der Waals surface area contributed by atoms with Gasteiger partial charge in [0.2, 0.25) is 0 Å². The molecule has 0 radical (unpaired) electrons.